The van der Waals surface area contributed by atoms with Gasteiger partial charge >= 0.3 is 5.97 Å². The molecule has 0 heterocycles. The standard InChI is InChI=1S/C11H12NO4S/c1-15-9-5-7(12-10(13)6-17)3-4-8(9)11(14)16-2/h3-5H,6H2,1-2H3,(H,12,13). The van der Waals surface area contributed by atoms with E-state index in [0.717, 1.165) is 0 Å². The van der Waals surface area contributed by atoms with Crippen molar-refractivity contribution in [2.45, 2.75) is 0 Å². The summed E-state index contributed by atoms with van der Waals surface area (Å²) >= 11 is 4.60. The second kappa shape index (κ2) is 6.15. The zero-order valence-electron chi connectivity index (χ0n) is 9.48. The maximum atomic E-state index is 11.4. The molecule has 1 rings (SSSR count). The van der Waals surface area contributed by atoms with E-state index in [1.54, 1.807) is 6.07 Å². The SMILES string of the molecule is COC(=O)c1ccc(NC(=O)C[S])cc1OC. The van der Waals surface area contributed by atoms with Crippen LogP contribution in [0.5, 0.6) is 5.75 Å². The molecule has 0 spiro atoms. The van der Waals surface area contributed by atoms with E-state index >= 15 is 0 Å². The van der Waals surface area contributed by atoms with Gasteiger partial charge in [-0.25, -0.2) is 4.79 Å². The lowest BCUT2D eigenvalue weighted by atomic mass is 10.2. The van der Waals surface area contributed by atoms with Crippen LogP contribution in [-0.2, 0) is 9.53 Å². The quantitative estimate of drug-likeness (QED) is 0.829. The highest BCUT2D eigenvalue weighted by Crippen LogP contribution is 2.23. The monoisotopic (exact) mass is 254 g/mol. The molecule has 1 aromatic rings. The van der Waals surface area contributed by atoms with Crippen LogP contribution in [0.1, 0.15) is 10.4 Å². The topological polar surface area (TPSA) is 64.6 Å². The molecule has 0 saturated carbocycles. The highest BCUT2D eigenvalue weighted by Gasteiger charge is 2.13. The molecule has 0 aliphatic carbocycles. The molecule has 0 aromatic heterocycles. The smallest absolute Gasteiger partial charge is 0.341 e. The van der Waals surface area contributed by atoms with Crippen LogP contribution in [0.4, 0.5) is 5.69 Å². The van der Waals surface area contributed by atoms with Crippen molar-refractivity contribution >= 4 is 30.2 Å². The molecule has 5 nitrogen and oxygen atoms in total. The Hall–Kier alpha value is -1.69. The van der Waals surface area contributed by atoms with Crippen molar-refractivity contribution in [3.63, 3.8) is 0 Å². The van der Waals surface area contributed by atoms with Crippen molar-refractivity contribution in [3.05, 3.63) is 23.8 Å². The van der Waals surface area contributed by atoms with Gasteiger partial charge in [0.25, 0.3) is 0 Å². The third-order valence-electron chi connectivity index (χ3n) is 2.02. The fourth-order valence-electron chi connectivity index (χ4n) is 1.24. The molecule has 17 heavy (non-hydrogen) atoms. The van der Waals surface area contributed by atoms with E-state index in [4.69, 9.17) is 4.74 Å². The minimum atomic E-state index is -0.497. The number of hydrogen-bond donors (Lipinski definition) is 1. The Morgan fingerprint density at radius 2 is 2.06 bits per heavy atom. The van der Waals surface area contributed by atoms with Gasteiger partial charge < -0.3 is 14.8 Å². The van der Waals surface area contributed by atoms with E-state index in [2.05, 4.69) is 22.7 Å². The van der Waals surface area contributed by atoms with E-state index in [1.165, 1.54) is 26.4 Å². The summed E-state index contributed by atoms with van der Waals surface area (Å²) in [4.78, 5) is 22.5. The second-order valence-corrected chi connectivity index (χ2v) is 3.39. The molecule has 1 radical (unpaired) electrons. The van der Waals surface area contributed by atoms with Crippen LogP contribution in [0, 0.1) is 0 Å². The Balaban J connectivity index is 3.00. The van der Waals surface area contributed by atoms with Gasteiger partial charge in [0.05, 0.1) is 20.0 Å². The predicted molar refractivity (Wildman–Crippen MR) is 65.4 cm³/mol. The zero-order chi connectivity index (χ0) is 12.8. The fraction of sp³-hybridized carbons (Fsp3) is 0.273. The van der Waals surface area contributed by atoms with Crippen LogP contribution >= 0.6 is 12.6 Å². The summed E-state index contributed by atoms with van der Waals surface area (Å²) in [7, 11) is 2.72. The van der Waals surface area contributed by atoms with Gasteiger partial charge in [0.2, 0.25) is 5.91 Å². The number of amides is 1. The summed E-state index contributed by atoms with van der Waals surface area (Å²) in [6.45, 7) is 0. The molecule has 0 saturated heterocycles. The number of benzene rings is 1. The van der Waals surface area contributed by atoms with Crippen molar-refractivity contribution in [3.8, 4) is 5.75 Å². The average molecular weight is 254 g/mol. The molecular formula is C11H12NO4S. The Kier molecular flexibility index (Phi) is 4.84. The van der Waals surface area contributed by atoms with Gasteiger partial charge in [0, 0.05) is 11.8 Å². The lowest BCUT2D eigenvalue weighted by molar-refractivity contribution is -0.113. The maximum Gasteiger partial charge on any atom is 0.341 e. The lowest BCUT2D eigenvalue weighted by Gasteiger charge is -2.09. The van der Waals surface area contributed by atoms with Gasteiger partial charge in [-0.05, 0) is 12.1 Å². The first-order chi connectivity index (χ1) is 8.12. The van der Waals surface area contributed by atoms with Gasteiger partial charge in [0.15, 0.2) is 0 Å². The number of rotatable bonds is 4. The largest absolute Gasteiger partial charge is 0.496 e. The molecule has 0 atom stereocenters. The molecule has 1 aromatic carbocycles. The number of carbonyl (C=O) groups is 2. The summed E-state index contributed by atoms with van der Waals surface area (Å²) in [6.07, 6.45) is 0. The number of carbonyl (C=O) groups excluding carboxylic acids is 2. The Morgan fingerprint density at radius 3 is 2.59 bits per heavy atom. The van der Waals surface area contributed by atoms with Gasteiger partial charge in [-0.3, -0.25) is 4.79 Å². The summed E-state index contributed by atoms with van der Waals surface area (Å²) in [5.74, 6) is -0.476. The third-order valence-corrected chi connectivity index (χ3v) is 2.28. The molecule has 1 amide bonds. The van der Waals surface area contributed by atoms with E-state index in [0.29, 0.717) is 17.0 Å². The van der Waals surface area contributed by atoms with E-state index in [9.17, 15) is 9.59 Å². The van der Waals surface area contributed by atoms with E-state index in [-0.39, 0.29) is 11.7 Å². The number of anilines is 1. The van der Waals surface area contributed by atoms with Crippen molar-refractivity contribution in [1.29, 1.82) is 0 Å². The molecule has 0 bridgehead atoms. The number of methoxy groups -OCH3 is 2. The maximum absolute atomic E-state index is 11.4. The summed E-state index contributed by atoms with van der Waals surface area (Å²) in [6, 6.07) is 4.64. The molecular weight excluding hydrogens is 242 g/mol. The molecule has 6 heteroatoms. The summed E-state index contributed by atoms with van der Waals surface area (Å²) in [5, 5.41) is 2.58. The first kappa shape index (κ1) is 13.4. The van der Waals surface area contributed by atoms with Crippen molar-refractivity contribution in [2.24, 2.45) is 0 Å². The Labute approximate surface area is 105 Å². The van der Waals surface area contributed by atoms with Crippen LogP contribution in [0.15, 0.2) is 18.2 Å². The molecule has 0 unspecified atom stereocenters. The summed E-state index contributed by atoms with van der Waals surface area (Å²) < 4.78 is 9.64. The third kappa shape index (κ3) is 3.39. The van der Waals surface area contributed by atoms with Gasteiger partial charge in [-0.15, -0.1) is 0 Å². The van der Waals surface area contributed by atoms with Crippen LogP contribution in [0.3, 0.4) is 0 Å². The molecule has 0 fully saturated rings. The average Bonchev–Trinajstić information content (AvgIpc) is 2.37. The highest BCUT2D eigenvalue weighted by atomic mass is 32.1. The molecule has 1 N–H and O–H groups in total. The predicted octanol–water partition coefficient (Wildman–Crippen LogP) is 1.62. The molecule has 91 valence electrons. The first-order valence-corrected chi connectivity index (χ1v) is 5.34. The molecule has 0 aliphatic heterocycles. The normalized spacial score (nSPS) is 9.59. The van der Waals surface area contributed by atoms with Crippen molar-refractivity contribution in [2.75, 3.05) is 25.3 Å². The van der Waals surface area contributed by atoms with Gasteiger partial charge in [-0.1, -0.05) is 12.6 Å². The van der Waals surface area contributed by atoms with Gasteiger partial charge in [-0.2, -0.15) is 0 Å². The Bertz CT molecular complexity index is 433. The van der Waals surface area contributed by atoms with Crippen LogP contribution in [0.25, 0.3) is 0 Å². The Morgan fingerprint density at radius 1 is 1.35 bits per heavy atom. The van der Waals surface area contributed by atoms with Gasteiger partial charge in [0.1, 0.15) is 11.3 Å². The highest BCUT2D eigenvalue weighted by molar-refractivity contribution is 7.81. The van der Waals surface area contributed by atoms with Crippen LogP contribution in [0.2, 0.25) is 0 Å². The number of hydrogen-bond acceptors (Lipinski definition) is 4. The second-order valence-electron chi connectivity index (χ2n) is 3.10. The van der Waals surface area contributed by atoms with Crippen LogP contribution in [-0.4, -0.2) is 31.8 Å². The number of esters is 1. The van der Waals surface area contributed by atoms with E-state index < -0.39 is 5.97 Å². The lowest BCUT2D eigenvalue weighted by Crippen LogP contribution is -2.13. The number of ether oxygens (including phenoxy) is 2. The van der Waals surface area contributed by atoms with Crippen molar-refractivity contribution < 1.29 is 19.1 Å². The first-order valence-electron chi connectivity index (χ1n) is 4.76. The van der Waals surface area contributed by atoms with E-state index in [1.807, 2.05) is 0 Å². The fourth-order valence-corrected chi connectivity index (χ4v) is 1.32. The minimum absolute atomic E-state index is 0.0267. The van der Waals surface area contributed by atoms with Crippen LogP contribution < -0.4 is 10.1 Å². The summed E-state index contributed by atoms with van der Waals surface area (Å²) in [5.41, 5.74) is 0.815. The zero-order valence-corrected chi connectivity index (χ0v) is 10.3. The molecule has 0 aliphatic rings. The minimum Gasteiger partial charge on any atom is -0.496 e. The van der Waals surface area contributed by atoms with Crippen molar-refractivity contribution in [1.82, 2.24) is 0 Å². The number of nitrogens with one attached hydrogen (secondary N) is 1.